The van der Waals surface area contributed by atoms with E-state index in [1.807, 2.05) is 0 Å². The molecule has 0 spiro atoms. The fourth-order valence-electron chi connectivity index (χ4n) is 1.17. The van der Waals surface area contributed by atoms with Crippen LogP contribution in [0.1, 0.15) is 27.6 Å². The first-order valence-corrected chi connectivity index (χ1v) is 3.93. The Kier molecular flexibility index (Phi) is 2.96. The van der Waals surface area contributed by atoms with Crippen LogP contribution in [0.2, 0.25) is 0 Å². The Morgan fingerprint density at radius 2 is 2.14 bits per heavy atom. The van der Waals surface area contributed by atoms with Gasteiger partial charge in [-0.1, -0.05) is 0 Å². The minimum absolute atomic E-state index is 0.0830. The Bertz CT molecular complexity index is 385. The zero-order valence-electron chi connectivity index (χ0n) is 7.83. The van der Waals surface area contributed by atoms with Crippen LogP contribution < -0.4 is 4.74 Å². The van der Waals surface area contributed by atoms with E-state index in [0.717, 1.165) is 6.07 Å². The maximum atomic E-state index is 13.3. The van der Waals surface area contributed by atoms with E-state index in [2.05, 4.69) is 0 Å². The number of carbonyl (C=O) groups excluding carboxylic acids is 2. The van der Waals surface area contributed by atoms with Gasteiger partial charge in [-0.05, 0) is 19.1 Å². The quantitative estimate of drug-likeness (QED) is 0.547. The third-order valence-electron chi connectivity index (χ3n) is 1.78. The minimum Gasteiger partial charge on any atom is -0.496 e. The number of methoxy groups -OCH3 is 1. The SMILES string of the molecule is COc1cc(C=O)cc(F)c1C(C)=O. The van der Waals surface area contributed by atoms with E-state index < -0.39 is 11.6 Å². The van der Waals surface area contributed by atoms with Crippen molar-refractivity contribution in [3.8, 4) is 5.75 Å². The third-order valence-corrected chi connectivity index (χ3v) is 1.78. The van der Waals surface area contributed by atoms with Gasteiger partial charge in [-0.2, -0.15) is 0 Å². The molecule has 0 aromatic heterocycles. The van der Waals surface area contributed by atoms with Crippen molar-refractivity contribution in [3.63, 3.8) is 0 Å². The van der Waals surface area contributed by atoms with Crippen LogP contribution in [0.25, 0.3) is 0 Å². The van der Waals surface area contributed by atoms with Gasteiger partial charge in [0.15, 0.2) is 5.78 Å². The van der Waals surface area contributed by atoms with Crippen molar-refractivity contribution in [1.29, 1.82) is 0 Å². The number of hydrogen-bond donors (Lipinski definition) is 0. The van der Waals surface area contributed by atoms with E-state index in [4.69, 9.17) is 4.74 Å². The number of ketones is 1. The minimum atomic E-state index is -0.737. The molecule has 0 atom stereocenters. The lowest BCUT2D eigenvalue weighted by atomic mass is 10.1. The van der Waals surface area contributed by atoms with Gasteiger partial charge in [0.2, 0.25) is 0 Å². The van der Waals surface area contributed by atoms with Gasteiger partial charge in [-0.3, -0.25) is 9.59 Å². The summed E-state index contributed by atoms with van der Waals surface area (Å²) >= 11 is 0. The molecule has 1 rings (SSSR count). The van der Waals surface area contributed by atoms with Gasteiger partial charge < -0.3 is 4.74 Å². The maximum absolute atomic E-state index is 13.3. The summed E-state index contributed by atoms with van der Waals surface area (Å²) in [7, 11) is 1.32. The first-order valence-electron chi connectivity index (χ1n) is 3.93. The highest BCUT2D eigenvalue weighted by molar-refractivity contribution is 5.98. The second-order valence-corrected chi connectivity index (χ2v) is 2.75. The molecule has 74 valence electrons. The summed E-state index contributed by atoms with van der Waals surface area (Å²) < 4.78 is 18.1. The van der Waals surface area contributed by atoms with Crippen molar-refractivity contribution >= 4 is 12.1 Å². The van der Waals surface area contributed by atoms with Gasteiger partial charge >= 0.3 is 0 Å². The van der Waals surface area contributed by atoms with Gasteiger partial charge in [0.05, 0.1) is 12.7 Å². The Labute approximate surface area is 80.5 Å². The fourth-order valence-corrected chi connectivity index (χ4v) is 1.17. The number of ether oxygens (including phenoxy) is 1. The molecule has 0 fully saturated rings. The summed E-state index contributed by atoms with van der Waals surface area (Å²) in [6.07, 6.45) is 0.496. The van der Waals surface area contributed by atoms with E-state index in [-0.39, 0.29) is 16.9 Å². The van der Waals surface area contributed by atoms with E-state index in [9.17, 15) is 14.0 Å². The van der Waals surface area contributed by atoms with Crippen molar-refractivity contribution in [1.82, 2.24) is 0 Å². The normalized spacial score (nSPS) is 9.64. The lowest BCUT2D eigenvalue weighted by Gasteiger charge is -2.07. The average Bonchev–Trinajstić information content (AvgIpc) is 2.15. The Hall–Kier alpha value is -1.71. The number of rotatable bonds is 3. The topological polar surface area (TPSA) is 43.4 Å². The molecule has 0 aliphatic heterocycles. The number of halogens is 1. The summed E-state index contributed by atoms with van der Waals surface area (Å²) in [5.41, 5.74) is 0.0162. The van der Waals surface area contributed by atoms with Gasteiger partial charge in [0.25, 0.3) is 0 Å². The zero-order chi connectivity index (χ0) is 10.7. The molecule has 4 heteroatoms. The highest BCUT2D eigenvalue weighted by Gasteiger charge is 2.15. The summed E-state index contributed by atoms with van der Waals surface area (Å²) in [6.45, 7) is 1.24. The Morgan fingerprint density at radius 3 is 2.57 bits per heavy atom. The van der Waals surface area contributed by atoms with Crippen LogP contribution in [0.15, 0.2) is 12.1 Å². The average molecular weight is 196 g/mol. The zero-order valence-corrected chi connectivity index (χ0v) is 7.83. The van der Waals surface area contributed by atoms with Crippen molar-refractivity contribution in [2.45, 2.75) is 6.92 Å². The van der Waals surface area contributed by atoms with Gasteiger partial charge in [-0.15, -0.1) is 0 Å². The largest absolute Gasteiger partial charge is 0.496 e. The molecule has 3 nitrogen and oxygen atoms in total. The highest BCUT2D eigenvalue weighted by Crippen LogP contribution is 2.23. The van der Waals surface area contributed by atoms with Crippen LogP contribution >= 0.6 is 0 Å². The van der Waals surface area contributed by atoms with Crippen LogP contribution in [0.5, 0.6) is 5.75 Å². The summed E-state index contributed by atoms with van der Waals surface area (Å²) in [6, 6.07) is 2.33. The summed E-state index contributed by atoms with van der Waals surface area (Å²) in [5.74, 6) is -1.09. The molecule has 14 heavy (non-hydrogen) atoms. The smallest absolute Gasteiger partial charge is 0.166 e. The van der Waals surface area contributed by atoms with Crippen molar-refractivity contribution in [2.75, 3.05) is 7.11 Å². The molecule has 0 bridgehead atoms. The summed E-state index contributed by atoms with van der Waals surface area (Å²) in [4.78, 5) is 21.4. The molecule has 0 amide bonds. The van der Waals surface area contributed by atoms with Crippen LogP contribution in [-0.4, -0.2) is 19.2 Å². The molecular weight excluding hydrogens is 187 g/mol. The lowest BCUT2D eigenvalue weighted by molar-refractivity contribution is 0.100. The van der Waals surface area contributed by atoms with Crippen molar-refractivity contribution in [2.24, 2.45) is 0 Å². The van der Waals surface area contributed by atoms with Crippen LogP contribution in [0.4, 0.5) is 4.39 Å². The molecule has 1 aromatic carbocycles. The van der Waals surface area contributed by atoms with E-state index >= 15 is 0 Å². The molecule has 0 aliphatic rings. The maximum Gasteiger partial charge on any atom is 0.166 e. The summed E-state index contributed by atoms with van der Waals surface area (Å²) in [5, 5.41) is 0. The van der Waals surface area contributed by atoms with Gasteiger partial charge in [0.1, 0.15) is 17.9 Å². The van der Waals surface area contributed by atoms with Gasteiger partial charge in [-0.25, -0.2) is 4.39 Å². The monoisotopic (exact) mass is 196 g/mol. The van der Waals surface area contributed by atoms with Gasteiger partial charge in [0, 0.05) is 5.56 Å². The number of Topliss-reactive ketones (excluding diaryl/α,β-unsaturated/α-hetero) is 1. The molecule has 0 N–H and O–H groups in total. The number of carbonyl (C=O) groups is 2. The van der Waals surface area contributed by atoms with E-state index in [0.29, 0.717) is 6.29 Å². The molecule has 0 saturated heterocycles. The standard InChI is InChI=1S/C10H9FO3/c1-6(13)10-8(11)3-7(5-12)4-9(10)14-2/h3-5H,1-2H3. The third kappa shape index (κ3) is 1.79. The molecule has 0 saturated carbocycles. The van der Waals surface area contributed by atoms with Crippen molar-refractivity contribution in [3.05, 3.63) is 29.1 Å². The Morgan fingerprint density at radius 1 is 1.50 bits per heavy atom. The van der Waals surface area contributed by atoms with Crippen LogP contribution in [0.3, 0.4) is 0 Å². The number of benzene rings is 1. The van der Waals surface area contributed by atoms with E-state index in [1.165, 1.54) is 20.1 Å². The predicted octanol–water partition coefficient (Wildman–Crippen LogP) is 1.85. The predicted molar refractivity (Wildman–Crippen MR) is 48.3 cm³/mol. The molecule has 0 unspecified atom stereocenters. The number of hydrogen-bond acceptors (Lipinski definition) is 3. The van der Waals surface area contributed by atoms with Crippen molar-refractivity contribution < 1.29 is 18.7 Å². The van der Waals surface area contributed by atoms with Crippen LogP contribution in [0, 0.1) is 5.82 Å². The number of aldehydes is 1. The fraction of sp³-hybridized carbons (Fsp3) is 0.200. The molecule has 1 aromatic rings. The molecular formula is C10H9FO3. The second kappa shape index (κ2) is 4.00. The first-order chi connectivity index (χ1) is 6.60. The molecule has 0 radical (unpaired) electrons. The second-order valence-electron chi connectivity index (χ2n) is 2.75. The van der Waals surface area contributed by atoms with E-state index in [1.54, 1.807) is 0 Å². The van der Waals surface area contributed by atoms with Crippen LogP contribution in [-0.2, 0) is 0 Å². The Balaban J connectivity index is 3.42. The molecule has 0 aliphatic carbocycles. The highest BCUT2D eigenvalue weighted by atomic mass is 19.1. The molecule has 0 heterocycles. The lowest BCUT2D eigenvalue weighted by Crippen LogP contribution is -2.02. The first kappa shape index (κ1) is 10.4.